The average molecular weight is 281 g/mol. The third-order valence-corrected chi connectivity index (χ3v) is 4.93. The van der Waals surface area contributed by atoms with Gasteiger partial charge in [0.15, 0.2) is 0 Å². The largest absolute Gasteiger partial charge is 0.352 e. The molecule has 1 unspecified atom stereocenters. The van der Waals surface area contributed by atoms with Crippen LogP contribution in [-0.4, -0.2) is 43.0 Å². The first-order valence-corrected chi connectivity index (χ1v) is 8.39. The van der Waals surface area contributed by atoms with Crippen molar-refractivity contribution in [2.45, 2.75) is 57.9 Å². The number of hydrogen-bond acceptors (Lipinski definition) is 3. The molecule has 0 radical (unpaired) electrons. The lowest BCUT2D eigenvalue weighted by Gasteiger charge is -2.33. The number of nitrogens with two attached hydrogens (primary N) is 1. The highest BCUT2D eigenvalue weighted by molar-refractivity contribution is 5.78. The normalized spacial score (nSPS) is 32.0. The van der Waals surface area contributed by atoms with Gasteiger partial charge in [0, 0.05) is 12.6 Å². The molecule has 1 heterocycles. The molecule has 2 aliphatic rings. The average Bonchev–Trinajstić information content (AvgIpc) is 2.42. The zero-order valence-electron chi connectivity index (χ0n) is 12.9. The van der Waals surface area contributed by atoms with Crippen LogP contribution in [0.15, 0.2) is 0 Å². The molecule has 0 aromatic rings. The predicted molar refractivity (Wildman–Crippen MR) is 82.4 cm³/mol. The highest BCUT2D eigenvalue weighted by Gasteiger charge is 2.23. The summed E-state index contributed by atoms with van der Waals surface area (Å²) in [5, 5.41) is 3.23. The van der Waals surface area contributed by atoms with Gasteiger partial charge in [-0.15, -0.1) is 0 Å². The third kappa shape index (κ3) is 5.06. The standard InChI is InChI=1S/C16H31N3O/c1-13-4-6-15(7-5-13)18-16(20)12-19-10-2-3-14(11-19)8-9-17/h13-15H,2-12,17H2,1H3,(H,18,20). The van der Waals surface area contributed by atoms with E-state index in [0.29, 0.717) is 18.5 Å². The molecular weight excluding hydrogens is 250 g/mol. The maximum absolute atomic E-state index is 12.1. The zero-order chi connectivity index (χ0) is 14.4. The summed E-state index contributed by atoms with van der Waals surface area (Å²) in [5.74, 6) is 1.75. The molecule has 1 atom stereocenters. The summed E-state index contributed by atoms with van der Waals surface area (Å²) in [6, 6.07) is 0.420. The van der Waals surface area contributed by atoms with Crippen molar-refractivity contribution in [1.29, 1.82) is 0 Å². The first kappa shape index (κ1) is 15.8. The highest BCUT2D eigenvalue weighted by atomic mass is 16.2. The number of carbonyl (C=O) groups is 1. The van der Waals surface area contributed by atoms with Gasteiger partial charge in [-0.2, -0.15) is 0 Å². The fourth-order valence-corrected chi connectivity index (χ4v) is 3.65. The Kier molecular flexibility index (Phi) is 6.30. The number of rotatable bonds is 5. The Hall–Kier alpha value is -0.610. The first-order valence-electron chi connectivity index (χ1n) is 8.39. The van der Waals surface area contributed by atoms with E-state index in [0.717, 1.165) is 44.8 Å². The Morgan fingerprint density at radius 1 is 1.25 bits per heavy atom. The van der Waals surface area contributed by atoms with E-state index < -0.39 is 0 Å². The summed E-state index contributed by atoms with van der Waals surface area (Å²) in [4.78, 5) is 14.5. The molecule has 2 rings (SSSR count). The van der Waals surface area contributed by atoms with E-state index in [2.05, 4.69) is 17.1 Å². The van der Waals surface area contributed by atoms with Crippen LogP contribution >= 0.6 is 0 Å². The molecule has 1 amide bonds. The lowest BCUT2D eigenvalue weighted by Crippen LogP contribution is -2.46. The molecule has 0 spiro atoms. The Morgan fingerprint density at radius 3 is 2.70 bits per heavy atom. The first-order chi connectivity index (χ1) is 9.67. The molecule has 4 heteroatoms. The van der Waals surface area contributed by atoms with Crippen LogP contribution in [0.25, 0.3) is 0 Å². The molecule has 2 fully saturated rings. The van der Waals surface area contributed by atoms with Crippen molar-refractivity contribution in [3.05, 3.63) is 0 Å². The van der Waals surface area contributed by atoms with Crippen molar-refractivity contribution in [2.24, 2.45) is 17.6 Å². The number of nitrogens with zero attached hydrogens (tertiary/aromatic N) is 1. The molecular formula is C16H31N3O. The summed E-state index contributed by atoms with van der Waals surface area (Å²) >= 11 is 0. The van der Waals surface area contributed by atoms with Crippen LogP contribution in [0.4, 0.5) is 0 Å². The van der Waals surface area contributed by atoms with Crippen LogP contribution < -0.4 is 11.1 Å². The van der Waals surface area contributed by atoms with E-state index in [9.17, 15) is 4.79 Å². The number of hydrogen-bond donors (Lipinski definition) is 2. The molecule has 1 saturated carbocycles. The van der Waals surface area contributed by atoms with E-state index in [1.807, 2.05) is 0 Å². The Labute approximate surface area is 123 Å². The van der Waals surface area contributed by atoms with E-state index in [4.69, 9.17) is 5.73 Å². The van der Waals surface area contributed by atoms with Crippen LogP contribution in [0, 0.1) is 11.8 Å². The Morgan fingerprint density at radius 2 is 2.00 bits per heavy atom. The van der Waals surface area contributed by atoms with Gasteiger partial charge in [0.2, 0.25) is 5.91 Å². The minimum atomic E-state index is 0.220. The summed E-state index contributed by atoms with van der Waals surface area (Å²) in [6.07, 6.45) is 8.40. The predicted octanol–water partition coefficient (Wildman–Crippen LogP) is 1.74. The minimum absolute atomic E-state index is 0.220. The number of likely N-dealkylation sites (tertiary alicyclic amines) is 1. The number of carbonyl (C=O) groups excluding carboxylic acids is 1. The van der Waals surface area contributed by atoms with Gasteiger partial charge in [0.25, 0.3) is 0 Å². The van der Waals surface area contributed by atoms with Crippen molar-refractivity contribution >= 4 is 5.91 Å². The fraction of sp³-hybridized carbons (Fsp3) is 0.938. The van der Waals surface area contributed by atoms with Crippen LogP contribution in [0.1, 0.15) is 51.9 Å². The second-order valence-corrected chi connectivity index (χ2v) is 6.85. The molecule has 0 bridgehead atoms. The highest BCUT2D eigenvalue weighted by Crippen LogP contribution is 2.23. The summed E-state index contributed by atoms with van der Waals surface area (Å²) < 4.78 is 0. The maximum atomic E-state index is 12.1. The molecule has 0 aromatic heterocycles. The Bertz CT molecular complexity index is 298. The van der Waals surface area contributed by atoms with Crippen LogP contribution in [0.2, 0.25) is 0 Å². The molecule has 116 valence electrons. The van der Waals surface area contributed by atoms with Gasteiger partial charge in [0.05, 0.1) is 6.54 Å². The van der Waals surface area contributed by atoms with E-state index in [1.54, 1.807) is 0 Å². The van der Waals surface area contributed by atoms with Crippen molar-refractivity contribution in [1.82, 2.24) is 10.2 Å². The number of nitrogens with one attached hydrogen (secondary N) is 1. The third-order valence-electron chi connectivity index (χ3n) is 4.93. The monoisotopic (exact) mass is 281 g/mol. The van der Waals surface area contributed by atoms with Crippen LogP contribution in [0.3, 0.4) is 0 Å². The van der Waals surface area contributed by atoms with Gasteiger partial charge in [-0.05, 0) is 69.9 Å². The van der Waals surface area contributed by atoms with E-state index in [1.165, 1.54) is 25.7 Å². The molecule has 20 heavy (non-hydrogen) atoms. The quantitative estimate of drug-likeness (QED) is 0.807. The van der Waals surface area contributed by atoms with Gasteiger partial charge in [-0.3, -0.25) is 9.69 Å². The molecule has 1 aliphatic heterocycles. The van der Waals surface area contributed by atoms with Crippen molar-refractivity contribution in [3.8, 4) is 0 Å². The smallest absolute Gasteiger partial charge is 0.234 e. The molecule has 1 aliphatic carbocycles. The summed E-state index contributed by atoms with van der Waals surface area (Å²) in [6.45, 7) is 5.77. The Balaban J connectivity index is 1.68. The van der Waals surface area contributed by atoms with Gasteiger partial charge in [-0.1, -0.05) is 6.92 Å². The van der Waals surface area contributed by atoms with E-state index in [-0.39, 0.29) is 5.91 Å². The van der Waals surface area contributed by atoms with Crippen molar-refractivity contribution in [2.75, 3.05) is 26.2 Å². The van der Waals surface area contributed by atoms with Crippen LogP contribution in [-0.2, 0) is 4.79 Å². The van der Waals surface area contributed by atoms with Gasteiger partial charge < -0.3 is 11.1 Å². The van der Waals surface area contributed by atoms with Gasteiger partial charge >= 0.3 is 0 Å². The minimum Gasteiger partial charge on any atom is -0.352 e. The molecule has 0 aromatic carbocycles. The zero-order valence-corrected chi connectivity index (χ0v) is 12.9. The van der Waals surface area contributed by atoms with Crippen molar-refractivity contribution < 1.29 is 4.79 Å². The summed E-state index contributed by atoms with van der Waals surface area (Å²) in [7, 11) is 0. The second-order valence-electron chi connectivity index (χ2n) is 6.85. The number of amides is 1. The van der Waals surface area contributed by atoms with Gasteiger partial charge in [0.1, 0.15) is 0 Å². The van der Waals surface area contributed by atoms with E-state index >= 15 is 0 Å². The topological polar surface area (TPSA) is 58.4 Å². The molecule has 3 N–H and O–H groups in total. The fourth-order valence-electron chi connectivity index (χ4n) is 3.65. The second kappa shape index (κ2) is 7.99. The van der Waals surface area contributed by atoms with Crippen molar-refractivity contribution in [3.63, 3.8) is 0 Å². The molecule has 1 saturated heterocycles. The van der Waals surface area contributed by atoms with Gasteiger partial charge in [-0.25, -0.2) is 0 Å². The van der Waals surface area contributed by atoms with Crippen LogP contribution in [0.5, 0.6) is 0 Å². The lowest BCUT2D eigenvalue weighted by atomic mass is 9.87. The molecule has 4 nitrogen and oxygen atoms in total. The lowest BCUT2D eigenvalue weighted by molar-refractivity contribution is -0.123. The maximum Gasteiger partial charge on any atom is 0.234 e. The summed E-state index contributed by atoms with van der Waals surface area (Å²) in [5.41, 5.74) is 5.64. The number of piperidine rings is 1. The SMILES string of the molecule is CC1CCC(NC(=O)CN2CCCC(CCN)C2)CC1.